The van der Waals surface area contributed by atoms with Crippen molar-refractivity contribution in [1.82, 2.24) is 5.32 Å². The summed E-state index contributed by atoms with van der Waals surface area (Å²) in [6, 6.07) is 8.35. The Morgan fingerprint density at radius 1 is 1.35 bits per heavy atom. The molecule has 112 valence electrons. The van der Waals surface area contributed by atoms with E-state index in [2.05, 4.69) is 30.4 Å². The monoisotopic (exact) mass is 277 g/mol. The lowest BCUT2D eigenvalue weighted by molar-refractivity contribution is 0.0979. The van der Waals surface area contributed by atoms with Gasteiger partial charge in [0.15, 0.2) is 0 Å². The Labute approximate surface area is 122 Å². The molecule has 1 aliphatic carbocycles. The minimum absolute atomic E-state index is 0.0994. The predicted octanol–water partition coefficient (Wildman–Crippen LogP) is 2.86. The minimum Gasteiger partial charge on any atom is -0.394 e. The lowest BCUT2D eigenvalue weighted by Gasteiger charge is -2.39. The third-order valence-electron chi connectivity index (χ3n) is 4.47. The SMILES string of the molecule is COCc1ccccc1CNC1(CO)CCCC(C)C1. The van der Waals surface area contributed by atoms with Gasteiger partial charge in [-0.15, -0.1) is 0 Å². The maximum Gasteiger partial charge on any atom is 0.0716 e. The molecule has 1 aliphatic rings. The standard InChI is InChI=1S/C17H27NO2/c1-14-6-5-9-17(10-14,13-19)18-11-15-7-3-4-8-16(15)12-20-2/h3-4,7-8,14,18-19H,5-6,9-13H2,1-2H3. The Morgan fingerprint density at radius 2 is 2.10 bits per heavy atom. The molecular formula is C17H27NO2. The van der Waals surface area contributed by atoms with Crippen LogP contribution >= 0.6 is 0 Å². The third kappa shape index (κ3) is 3.81. The van der Waals surface area contributed by atoms with E-state index in [4.69, 9.17) is 4.74 Å². The van der Waals surface area contributed by atoms with Gasteiger partial charge in [-0.05, 0) is 29.9 Å². The molecule has 0 bridgehead atoms. The van der Waals surface area contributed by atoms with E-state index in [-0.39, 0.29) is 12.1 Å². The first-order valence-corrected chi connectivity index (χ1v) is 7.61. The van der Waals surface area contributed by atoms with Crippen molar-refractivity contribution in [2.75, 3.05) is 13.7 Å². The summed E-state index contributed by atoms with van der Waals surface area (Å²) in [5.74, 6) is 0.692. The van der Waals surface area contributed by atoms with Gasteiger partial charge in [0.25, 0.3) is 0 Å². The maximum absolute atomic E-state index is 9.82. The van der Waals surface area contributed by atoms with Crippen LogP contribution in [0.25, 0.3) is 0 Å². The second-order valence-corrected chi connectivity index (χ2v) is 6.20. The van der Waals surface area contributed by atoms with Crippen molar-refractivity contribution in [3.63, 3.8) is 0 Å². The maximum atomic E-state index is 9.82. The van der Waals surface area contributed by atoms with Crippen LogP contribution in [0.2, 0.25) is 0 Å². The zero-order valence-corrected chi connectivity index (χ0v) is 12.7. The molecule has 1 aromatic rings. The van der Waals surface area contributed by atoms with E-state index in [0.717, 1.165) is 19.4 Å². The second kappa shape index (κ2) is 7.21. The molecule has 20 heavy (non-hydrogen) atoms. The van der Waals surface area contributed by atoms with Crippen molar-refractivity contribution in [1.29, 1.82) is 0 Å². The lowest BCUT2D eigenvalue weighted by Crippen LogP contribution is -2.51. The third-order valence-corrected chi connectivity index (χ3v) is 4.47. The molecule has 2 unspecified atom stereocenters. The van der Waals surface area contributed by atoms with E-state index in [1.54, 1.807) is 7.11 Å². The highest BCUT2D eigenvalue weighted by Gasteiger charge is 2.33. The normalized spacial score (nSPS) is 26.6. The highest BCUT2D eigenvalue weighted by Crippen LogP contribution is 2.32. The number of nitrogens with one attached hydrogen (secondary N) is 1. The molecule has 3 heteroatoms. The van der Waals surface area contributed by atoms with Gasteiger partial charge in [-0.2, -0.15) is 0 Å². The van der Waals surface area contributed by atoms with E-state index >= 15 is 0 Å². The zero-order chi connectivity index (χ0) is 14.4. The van der Waals surface area contributed by atoms with E-state index in [9.17, 15) is 5.11 Å². The number of ether oxygens (including phenoxy) is 1. The molecule has 0 aromatic heterocycles. The van der Waals surface area contributed by atoms with Gasteiger partial charge in [-0.3, -0.25) is 0 Å². The zero-order valence-electron chi connectivity index (χ0n) is 12.7. The molecule has 1 aromatic carbocycles. The van der Waals surface area contributed by atoms with Gasteiger partial charge in [0.1, 0.15) is 0 Å². The van der Waals surface area contributed by atoms with Crippen LogP contribution in [0.1, 0.15) is 43.7 Å². The quantitative estimate of drug-likeness (QED) is 0.840. The number of hydrogen-bond acceptors (Lipinski definition) is 3. The molecule has 2 atom stereocenters. The Morgan fingerprint density at radius 3 is 2.75 bits per heavy atom. The summed E-state index contributed by atoms with van der Waals surface area (Å²) in [4.78, 5) is 0. The highest BCUT2D eigenvalue weighted by atomic mass is 16.5. The summed E-state index contributed by atoms with van der Waals surface area (Å²) in [6.07, 6.45) is 4.62. The highest BCUT2D eigenvalue weighted by molar-refractivity contribution is 5.26. The molecule has 1 fully saturated rings. The molecule has 0 heterocycles. The van der Waals surface area contributed by atoms with Crippen LogP contribution in [0, 0.1) is 5.92 Å². The van der Waals surface area contributed by atoms with Crippen LogP contribution in [-0.2, 0) is 17.9 Å². The average molecular weight is 277 g/mol. The molecule has 3 nitrogen and oxygen atoms in total. The fourth-order valence-electron chi connectivity index (χ4n) is 3.33. The number of rotatable bonds is 6. The molecule has 2 N–H and O–H groups in total. The van der Waals surface area contributed by atoms with E-state index in [1.807, 2.05) is 6.07 Å². The van der Waals surface area contributed by atoms with Gasteiger partial charge in [-0.25, -0.2) is 0 Å². The fourth-order valence-corrected chi connectivity index (χ4v) is 3.33. The lowest BCUT2D eigenvalue weighted by atomic mass is 9.76. The number of aliphatic hydroxyl groups is 1. The van der Waals surface area contributed by atoms with Crippen LogP contribution in [0.5, 0.6) is 0 Å². The van der Waals surface area contributed by atoms with Gasteiger partial charge < -0.3 is 15.2 Å². The van der Waals surface area contributed by atoms with Gasteiger partial charge in [0.05, 0.1) is 13.2 Å². The average Bonchev–Trinajstić information content (AvgIpc) is 2.47. The van der Waals surface area contributed by atoms with Crippen LogP contribution in [0.3, 0.4) is 0 Å². The Bertz CT molecular complexity index is 421. The summed E-state index contributed by atoms with van der Waals surface area (Å²) < 4.78 is 5.25. The van der Waals surface area contributed by atoms with Crippen LogP contribution in [-0.4, -0.2) is 24.4 Å². The van der Waals surface area contributed by atoms with Gasteiger partial charge in [-0.1, -0.05) is 44.0 Å². The Balaban J connectivity index is 2.03. The number of methoxy groups -OCH3 is 1. The fraction of sp³-hybridized carbons (Fsp3) is 0.647. The molecule has 0 spiro atoms. The summed E-state index contributed by atoms with van der Waals surface area (Å²) in [6.45, 7) is 3.95. The summed E-state index contributed by atoms with van der Waals surface area (Å²) in [5, 5.41) is 13.4. The molecule has 1 saturated carbocycles. The largest absolute Gasteiger partial charge is 0.394 e. The van der Waals surface area contributed by atoms with Crippen molar-refractivity contribution >= 4 is 0 Å². The number of hydrogen-bond donors (Lipinski definition) is 2. The molecular weight excluding hydrogens is 250 g/mol. The summed E-state index contributed by atoms with van der Waals surface area (Å²) in [7, 11) is 1.72. The van der Waals surface area contributed by atoms with E-state index < -0.39 is 0 Å². The first-order valence-electron chi connectivity index (χ1n) is 7.61. The van der Waals surface area contributed by atoms with E-state index in [1.165, 1.54) is 24.0 Å². The number of benzene rings is 1. The molecule has 0 radical (unpaired) electrons. The van der Waals surface area contributed by atoms with Crippen molar-refractivity contribution < 1.29 is 9.84 Å². The molecule has 0 saturated heterocycles. The van der Waals surface area contributed by atoms with Crippen LogP contribution in [0.4, 0.5) is 0 Å². The minimum atomic E-state index is -0.0994. The number of aliphatic hydroxyl groups excluding tert-OH is 1. The first kappa shape index (κ1) is 15.5. The van der Waals surface area contributed by atoms with Crippen molar-refractivity contribution in [2.24, 2.45) is 5.92 Å². The van der Waals surface area contributed by atoms with Crippen LogP contribution < -0.4 is 5.32 Å². The van der Waals surface area contributed by atoms with E-state index in [0.29, 0.717) is 12.5 Å². The topological polar surface area (TPSA) is 41.5 Å². The van der Waals surface area contributed by atoms with Gasteiger partial charge in [0.2, 0.25) is 0 Å². The summed E-state index contributed by atoms with van der Waals surface area (Å²) in [5.41, 5.74) is 2.39. The molecule has 2 rings (SSSR count). The van der Waals surface area contributed by atoms with Crippen molar-refractivity contribution in [3.05, 3.63) is 35.4 Å². The van der Waals surface area contributed by atoms with Gasteiger partial charge >= 0.3 is 0 Å². The molecule has 0 aliphatic heterocycles. The predicted molar refractivity (Wildman–Crippen MR) is 81.4 cm³/mol. The van der Waals surface area contributed by atoms with Gasteiger partial charge in [0, 0.05) is 19.2 Å². The smallest absolute Gasteiger partial charge is 0.0716 e. The Hall–Kier alpha value is -0.900. The van der Waals surface area contributed by atoms with Crippen molar-refractivity contribution in [2.45, 2.75) is 51.3 Å². The summed E-state index contributed by atoms with van der Waals surface area (Å²) >= 11 is 0. The second-order valence-electron chi connectivity index (χ2n) is 6.20. The first-order chi connectivity index (χ1) is 9.69. The molecule has 0 amide bonds. The van der Waals surface area contributed by atoms with Crippen molar-refractivity contribution in [3.8, 4) is 0 Å². The Kier molecular flexibility index (Phi) is 5.58. The van der Waals surface area contributed by atoms with Crippen LogP contribution in [0.15, 0.2) is 24.3 Å².